The first-order valence-electron chi connectivity index (χ1n) is 11.1. The number of urea groups is 1. The van der Waals surface area contributed by atoms with Crippen molar-refractivity contribution < 1.29 is 14.3 Å². The second-order valence-corrected chi connectivity index (χ2v) is 8.09. The lowest BCUT2D eigenvalue weighted by Gasteiger charge is -2.34. The van der Waals surface area contributed by atoms with Gasteiger partial charge in [0.05, 0.1) is 11.7 Å². The zero-order valence-electron chi connectivity index (χ0n) is 17.7. The van der Waals surface area contributed by atoms with E-state index in [1.54, 1.807) is 0 Å². The zero-order valence-corrected chi connectivity index (χ0v) is 17.7. The first-order chi connectivity index (χ1) is 15.2. The van der Waals surface area contributed by atoms with Gasteiger partial charge in [0.2, 0.25) is 0 Å². The van der Waals surface area contributed by atoms with Crippen LogP contribution in [0.2, 0.25) is 0 Å². The molecule has 7 heteroatoms. The van der Waals surface area contributed by atoms with Crippen LogP contribution in [0.5, 0.6) is 0 Å². The van der Waals surface area contributed by atoms with Crippen LogP contribution < -0.4 is 20.9 Å². The Morgan fingerprint density at radius 3 is 2.45 bits per heavy atom. The molecule has 2 fully saturated rings. The summed E-state index contributed by atoms with van der Waals surface area (Å²) in [5.74, 6) is -0.0615. The molecular formula is C24H30N4O3. The summed E-state index contributed by atoms with van der Waals surface area (Å²) in [6.07, 6.45) is 3.84. The van der Waals surface area contributed by atoms with Crippen LogP contribution in [0.25, 0.3) is 0 Å². The summed E-state index contributed by atoms with van der Waals surface area (Å²) < 4.78 is 5.60. The summed E-state index contributed by atoms with van der Waals surface area (Å²) in [6.45, 7) is 2.90. The van der Waals surface area contributed by atoms with Gasteiger partial charge >= 0.3 is 6.03 Å². The highest BCUT2D eigenvalue weighted by molar-refractivity contribution is 5.99. The number of hydrogen-bond acceptors (Lipinski definition) is 4. The fourth-order valence-electron chi connectivity index (χ4n) is 4.19. The van der Waals surface area contributed by atoms with Gasteiger partial charge in [0.25, 0.3) is 5.91 Å². The second-order valence-electron chi connectivity index (χ2n) is 8.09. The average Bonchev–Trinajstić information content (AvgIpc) is 3.32. The molecule has 0 spiro atoms. The maximum absolute atomic E-state index is 12.8. The van der Waals surface area contributed by atoms with Gasteiger partial charge in [-0.1, -0.05) is 30.3 Å². The number of benzene rings is 2. The van der Waals surface area contributed by atoms with E-state index in [0.717, 1.165) is 56.8 Å². The van der Waals surface area contributed by atoms with Gasteiger partial charge in [-0.25, -0.2) is 4.79 Å². The summed E-state index contributed by atoms with van der Waals surface area (Å²) in [7, 11) is 0. The third-order valence-corrected chi connectivity index (χ3v) is 5.87. The number of nitrogens with one attached hydrogen (secondary N) is 3. The van der Waals surface area contributed by atoms with Crippen molar-refractivity contribution in [2.24, 2.45) is 0 Å². The van der Waals surface area contributed by atoms with Gasteiger partial charge in [0.15, 0.2) is 0 Å². The molecule has 0 bridgehead atoms. The summed E-state index contributed by atoms with van der Waals surface area (Å²) in [4.78, 5) is 27.3. The third kappa shape index (κ3) is 5.76. The van der Waals surface area contributed by atoms with Crippen LogP contribution in [0.15, 0.2) is 54.6 Å². The molecule has 31 heavy (non-hydrogen) atoms. The van der Waals surface area contributed by atoms with Crippen LogP contribution in [-0.4, -0.2) is 50.3 Å². The Morgan fingerprint density at radius 2 is 1.71 bits per heavy atom. The van der Waals surface area contributed by atoms with Crippen LogP contribution in [0.4, 0.5) is 16.2 Å². The minimum absolute atomic E-state index is 0.0615. The SMILES string of the molecule is O=C(Nc1ccccc1)NC1CCN(c2ccccc2C(=O)NC[C@@H]2CCCO2)CC1. The van der Waals surface area contributed by atoms with Gasteiger partial charge in [-0.15, -0.1) is 0 Å². The second kappa shape index (κ2) is 10.3. The monoisotopic (exact) mass is 422 g/mol. The summed E-state index contributed by atoms with van der Waals surface area (Å²) >= 11 is 0. The van der Waals surface area contributed by atoms with Crippen LogP contribution in [-0.2, 0) is 4.74 Å². The number of para-hydroxylation sites is 2. The van der Waals surface area contributed by atoms with Gasteiger partial charge in [-0.3, -0.25) is 4.79 Å². The molecule has 164 valence electrons. The van der Waals surface area contributed by atoms with Gasteiger partial charge < -0.3 is 25.6 Å². The number of nitrogens with zero attached hydrogens (tertiary/aromatic N) is 1. The van der Waals surface area contributed by atoms with Crippen molar-refractivity contribution in [2.75, 3.05) is 36.5 Å². The maximum atomic E-state index is 12.8. The van der Waals surface area contributed by atoms with E-state index in [1.165, 1.54) is 0 Å². The first kappa shape index (κ1) is 21.2. The van der Waals surface area contributed by atoms with Crippen molar-refractivity contribution in [1.29, 1.82) is 0 Å². The summed E-state index contributed by atoms with van der Waals surface area (Å²) in [5, 5.41) is 8.95. The van der Waals surface area contributed by atoms with E-state index in [9.17, 15) is 9.59 Å². The number of hydrogen-bond donors (Lipinski definition) is 3. The molecule has 7 nitrogen and oxygen atoms in total. The molecule has 1 atom stereocenters. The minimum atomic E-state index is -0.182. The standard InChI is InChI=1S/C24H30N4O3/c29-23(25-17-20-9-6-16-31-20)21-10-4-5-11-22(21)28-14-12-19(13-15-28)27-24(30)26-18-7-2-1-3-8-18/h1-5,7-8,10-11,19-20H,6,9,12-17H2,(H,25,29)(H2,26,27,30)/t20-/m0/s1. The van der Waals surface area contributed by atoms with E-state index in [2.05, 4.69) is 20.9 Å². The third-order valence-electron chi connectivity index (χ3n) is 5.87. The molecule has 2 aromatic carbocycles. The largest absolute Gasteiger partial charge is 0.376 e. The number of anilines is 2. The lowest BCUT2D eigenvalue weighted by atomic mass is 10.0. The van der Waals surface area contributed by atoms with Crippen molar-refractivity contribution in [3.8, 4) is 0 Å². The van der Waals surface area contributed by atoms with Crippen LogP contribution in [0.1, 0.15) is 36.0 Å². The van der Waals surface area contributed by atoms with Gasteiger partial charge in [-0.2, -0.15) is 0 Å². The smallest absolute Gasteiger partial charge is 0.319 e. The lowest BCUT2D eigenvalue weighted by Crippen LogP contribution is -2.46. The predicted molar refractivity (Wildman–Crippen MR) is 122 cm³/mol. The molecule has 2 heterocycles. The van der Waals surface area contributed by atoms with Crippen LogP contribution in [0.3, 0.4) is 0 Å². The first-order valence-corrected chi connectivity index (χ1v) is 11.1. The summed E-state index contributed by atoms with van der Waals surface area (Å²) in [6, 6.07) is 17.1. The van der Waals surface area contributed by atoms with E-state index < -0.39 is 0 Å². The van der Waals surface area contributed by atoms with E-state index >= 15 is 0 Å². The van der Waals surface area contributed by atoms with E-state index in [4.69, 9.17) is 4.74 Å². The molecule has 0 aliphatic carbocycles. The average molecular weight is 423 g/mol. The van der Waals surface area contributed by atoms with Crippen LogP contribution >= 0.6 is 0 Å². The Hall–Kier alpha value is -3.06. The summed E-state index contributed by atoms with van der Waals surface area (Å²) in [5.41, 5.74) is 2.41. The molecule has 2 aliphatic rings. The van der Waals surface area contributed by atoms with Crippen molar-refractivity contribution >= 4 is 23.3 Å². The van der Waals surface area contributed by atoms with E-state index in [0.29, 0.717) is 12.1 Å². The molecule has 3 amide bonds. The van der Waals surface area contributed by atoms with Crippen molar-refractivity contribution in [3.63, 3.8) is 0 Å². The quantitative estimate of drug-likeness (QED) is 0.667. The molecule has 0 saturated carbocycles. The lowest BCUT2D eigenvalue weighted by molar-refractivity contribution is 0.0858. The van der Waals surface area contributed by atoms with E-state index in [1.807, 2.05) is 54.6 Å². The van der Waals surface area contributed by atoms with Crippen LogP contribution in [0, 0.1) is 0 Å². The Labute approximate surface area is 183 Å². The molecule has 3 N–H and O–H groups in total. The Balaban J connectivity index is 1.29. The highest BCUT2D eigenvalue weighted by Gasteiger charge is 2.24. The number of ether oxygens (including phenoxy) is 1. The highest BCUT2D eigenvalue weighted by atomic mass is 16.5. The van der Waals surface area contributed by atoms with Gasteiger partial charge in [0, 0.05) is 43.7 Å². The highest BCUT2D eigenvalue weighted by Crippen LogP contribution is 2.24. The maximum Gasteiger partial charge on any atom is 0.319 e. The molecule has 4 rings (SSSR count). The fourth-order valence-corrected chi connectivity index (χ4v) is 4.19. The molecule has 0 unspecified atom stereocenters. The molecule has 2 saturated heterocycles. The van der Waals surface area contributed by atoms with Crippen molar-refractivity contribution in [1.82, 2.24) is 10.6 Å². The van der Waals surface area contributed by atoms with Gasteiger partial charge in [-0.05, 0) is 49.9 Å². The molecule has 2 aliphatic heterocycles. The Kier molecular flexibility index (Phi) is 7.04. The molecule has 0 aromatic heterocycles. The molecule has 0 radical (unpaired) electrons. The topological polar surface area (TPSA) is 82.7 Å². The fraction of sp³-hybridized carbons (Fsp3) is 0.417. The zero-order chi connectivity index (χ0) is 21.5. The molecular weight excluding hydrogens is 392 g/mol. The Morgan fingerprint density at radius 1 is 0.968 bits per heavy atom. The van der Waals surface area contributed by atoms with Crippen molar-refractivity contribution in [3.05, 3.63) is 60.2 Å². The van der Waals surface area contributed by atoms with Crippen molar-refractivity contribution in [2.45, 2.75) is 37.8 Å². The number of piperidine rings is 1. The number of amides is 3. The molecule has 2 aromatic rings. The Bertz CT molecular complexity index is 875. The predicted octanol–water partition coefficient (Wildman–Crippen LogP) is 3.39. The number of carbonyl (C=O) groups excluding carboxylic acids is 2. The normalized spacial score (nSPS) is 19.1. The number of rotatable bonds is 6. The number of carbonyl (C=O) groups is 2. The van der Waals surface area contributed by atoms with Gasteiger partial charge in [0.1, 0.15) is 0 Å². The minimum Gasteiger partial charge on any atom is -0.376 e. The van der Waals surface area contributed by atoms with E-state index in [-0.39, 0.29) is 24.1 Å².